The molecule has 3 atom stereocenters. The van der Waals surface area contributed by atoms with E-state index >= 15 is 0 Å². The SMILES string of the molecule is CC1(C)C2CCC1(C(Br)S(=O)(=O)O)C(=O)C2.[BeH2]. The van der Waals surface area contributed by atoms with Gasteiger partial charge in [0.15, 0.2) is 4.16 Å². The van der Waals surface area contributed by atoms with Crippen molar-refractivity contribution in [2.75, 3.05) is 0 Å². The second kappa shape index (κ2) is 4.12. The number of rotatable bonds is 2. The molecule has 0 amide bonds. The molecule has 2 fully saturated rings. The van der Waals surface area contributed by atoms with Crippen LogP contribution in [0.2, 0.25) is 0 Å². The zero-order valence-electron chi connectivity index (χ0n) is 9.23. The van der Waals surface area contributed by atoms with Crippen LogP contribution in [0.25, 0.3) is 0 Å². The number of fused-ring (bicyclic) bond motifs is 2. The first-order valence-electron chi connectivity index (χ1n) is 5.27. The third-order valence-corrected chi connectivity index (χ3v) is 7.76. The van der Waals surface area contributed by atoms with Gasteiger partial charge in [0, 0.05) is 6.42 Å². The Bertz CT molecular complexity index is 447. The Morgan fingerprint density at radius 3 is 2.29 bits per heavy atom. The monoisotopic (exact) mass is 321 g/mol. The number of alkyl halides is 1. The van der Waals surface area contributed by atoms with Gasteiger partial charge in [-0.2, -0.15) is 8.42 Å². The van der Waals surface area contributed by atoms with E-state index in [4.69, 9.17) is 0 Å². The molecule has 0 aliphatic heterocycles. The van der Waals surface area contributed by atoms with Crippen molar-refractivity contribution in [3.63, 3.8) is 0 Å². The first-order chi connectivity index (χ1) is 7.14. The summed E-state index contributed by atoms with van der Waals surface area (Å²) in [6, 6.07) is 0. The van der Waals surface area contributed by atoms with E-state index in [9.17, 15) is 17.8 Å². The van der Waals surface area contributed by atoms with E-state index in [2.05, 4.69) is 15.9 Å². The molecule has 2 rings (SSSR count). The average Bonchev–Trinajstić information content (AvgIpc) is 2.48. The van der Waals surface area contributed by atoms with Crippen molar-refractivity contribution >= 4 is 42.0 Å². The number of Topliss-reactive ketones (excluding diaryl/α,β-unsaturated/α-hetero) is 1. The van der Waals surface area contributed by atoms with Crippen LogP contribution in [0.4, 0.5) is 0 Å². The van der Waals surface area contributed by atoms with Crippen molar-refractivity contribution in [3.8, 4) is 0 Å². The molecule has 2 saturated carbocycles. The molecule has 0 aromatic carbocycles. The molecular weight excluding hydrogens is 305 g/mol. The number of hydrogen-bond donors (Lipinski definition) is 1. The predicted molar refractivity (Wildman–Crippen MR) is 71.4 cm³/mol. The van der Waals surface area contributed by atoms with Crippen molar-refractivity contribution in [1.29, 1.82) is 0 Å². The van der Waals surface area contributed by atoms with Crippen LogP contribution in [0.15, 0.2) is 0 Å². The standard InChI is InChI=1S/C10H15BrO4S.Be.2H/c1-9(2)6-3-4-10(9,7(12)5-6)8(11)16(13,14)15;;;/h6,8H,3-5H2,1-2H3,(H,13,14,15);;;. The van der Waals surface area contributed by atoms with Gasteiger partial charge in [-0.15, -0.1) is 0 Å². The molecule has 2 bridgehead atoms. The van der Waals surface area contributed by atoms with Crippen LogP contribution in [-0.4, -0.2) is 33.0 Å². The van der Waals surface area contributed by atoms with Gasteiger partial charge in [-0.1, -0.05) is 29.8 Å². The average molecular weight is 322 g/mol. The van der Waals surface area contributed by atoms with Crippen LogP contribution in [0, 0.1) is 16.7 Å². The Hall–Kier alpha value is 0.229. The topological polar surface area (TPSA) is 71.4 Å². The van der Waals surface area contributed by atoms with Crippen LogP contribution >= 0.6 is 15.9 Å². The summed E-state index contributed by atoms with van der Waals surface area (Å²) in [6.45, 7) is 3.85. The Morgan fingerprint density at radius 1 is 1.47 bits per heavy atom. The number of hydrogen-bond acceptors (Lipinski definition) is 3. The van der Waals surface area contributed by atoms with Crippen LogP contribution in [0.5, 0.6) is 0 Å². The maximum absolute atomic E-state index is 12.1. The normalized spacial score (nSPS) is 36.7. The van der Waals surface area contributed by atoms with E-state index in [-0.39, 0.29) is 27.2 Å². The molecule has 1 N–H and O–H groups in total. The van der Waals surface area contributed by atoms with E-state index in [0.717, 1.165) is 6.42 Å². The first kappa shape index (κ1) is 15.3. The third kappa shape index (κ3) is 1.76. The van der Waals surface area contributed by atoms with E-state index in [1.54, 1.807) is 0 Å². The van der Waals surface area contributed by atoms with Gasteiger partial charge in [0.25, 0.3) is 10.1 Å². The molecule has 17 heavy (non-hydrogen) atoms. The van der Waals surface area contributed by atoms with Crippen molar-refractivity contribution < 1.29 is 17.8 Å². The second-order valence-corrected chi connectivity index (χ2v) is 8.41. The molecule has 2 aliphatic rings. The summed E-state index contributed by atoms with van der Waals surface area (Å²) in [5.41, 5.74) is -1.32. The van der Waals surface area contributed by atoms with Crippen LogP contribution in [-0.2, 0) is 14.9 Å². The summed E-state index contributed by atoms with van der Waals surface area (Å²) in [6.07, 6.45) is 1.83. The second-order valence-electron chi connectivity index (χ2n) is 5.39. The van der Waals surface area contributed by atoms with E-state index in [1.165, 1.54) is 0 Å². The van der Waals surface area contributed by atoms with Gasteiger partial charge >= 0.3 is 10.1 Å². The van der Waals surface area contributed by atoms with Gasteiger partial charge < -0.3 is 0 Å². The molecule has 96 valence electrons. The zero-order chi connectivity index (χ0) is 12.4. The third-order valence-electron chi connectivity index (χ3n) is 4.64. The summed E-state index contributed by atoms with van der Waals surface area (Å²) in [4.78, 5) is 12.1. The molecular formula is C10H17BeBrO4S. The molecule has 2 aliphatic carbocycles. The van der Waals surface area contributed by atoms with E-state index < -0.39 is 19.7 Å². The molecule has 0 aromatic heterocycles. The van der Waals surface area contributed by atoms with Crippen LogP contribution in [0.3, 0.4) is 0 Å². The molecule has 0 spiro atoms. The fourth-order valence-corrected chi connectivity index (χ4v) is 5.63. The summed E-state index contributed by atoms with van der Waals surface area (Å²) in [7, 11) is -4.24. The zero-order valence-corrected chi connectivity index (χ0v) is 11.6. The van der Waals surface area contributed by atoms with E-state index in [0.29, 0.717) is 12.8 Å². The Kier molecular flexibility index (Phi) is 3.70. The Morgan fingerprint density at radius 2 is 2.00 bits per heavy atom. The van der Waals surface area contributed by atoms with Gasteiger partial charge in [-0.3, -0.25) is 9.35 Å². The number of ketones is 1. The molecule has 0 saturated heterocycles. The van der Waals surface area contributed by atoms with Gasteiger partial charge in [0.1, 0.15) is 5.78 Å². The Labute approximate surface area is 114 Å². The number of carbonyl (C=O) groups is 1. The molecule has 0 heterocycles. The molecule has 0 radical (unpaired) electrons. The predicted octanol–water partition coefficient (Wildman–Crippen LogP) is 1.07. The van der Waals surface area contributed by atoms with Crippen LogP contribution in [0.1, 0.15) is 33.1 Å². The summed E-state index contributed by atoms with van der Waals surface area (Å²) in [5.74, 6) is 0.204. The molecule has 4 nitrogen and oxygen atoms in total. The first-order valence-corrected chi connectivity index (χ1v) is 7.69. The van der Waals surface area contributed by atoms with Gasteiger partial charge in [0.2, 0.25) is 0 Å². The molecule has 3 unspecified atom stereocenters. The quantitative estimate of drug-likeness (QED) is 0.469. The van der Waals surface area contributed by atoms with Crippen LogP contribution < -0.4 is 0 Å². The van der Waals surface area contributed by atoms with Gasteiger partial charge in [-0.05, 0) is 24.2 Å². The van der Waals surface area contributed by atoms with Gasteiger partial charge in [0.05, 0.1) is 5.41 Å². The Balaban J connectivity index is 0.00000144. The molecule has 0 aromatic rings. The summed E-state index contributed by atoms with van der Waals surface area (Å²) in [5, 5.41) is 0. The fourth-order valence-electron chi connectivity index (χ4n) is 3.50. The molecule has 7 heteroatoms. The fraction of sp³-hybridized carbons (Fsp3) is 0.900. The minimum atomic E-state index is -4.24. The summed E-state index contributed by atoms with van der Waals surface area (Å²) >= 11 is 3.03. The van der Waals surface area contributed by atoms with Crippen molar-refractivity contribution in [3.05, 3.63) is 0 Å². The number of halogens is 1. The van der Waals surface area contributed by atoms with Crippen molar-refractivity contribution in [2.24, 2.45) is 16.7 Å². The van der Waals surface area contributed by atoms with E-state index in [1.807, 2.05) is 13.8 Å². The van der Waals surface area contributed by atoms with Crippen molar-refractivity contribution in [1.82, 2.24) is 0 Å². The number of carbonyl (C=O) groups excluding carboxylic acids is 1. The van der Waals surface area contributed by atoms with Crippen molar-refractivity contribution in [2.45, 2.75) is 37.3 Å². The van der Waals surface area contributed by atoms with Gasteiger partial charge in [-0.25, -0.2) is 0 Å². The maximum atomic E-state index is 12.1. The minimum absolute atomic E-state index is 0. The summed E-state index contributed by atoms with van der Waals surface area (Å²) < 4.78 is 30.6.